The normalized spacial score (nSPS) is 18.1. The fourth-order valence-corrected chi connectivity index (χ4v) is 2.69. The average molecular weight is 334 g/mol. The molecular weight excluding hydrogens is 313 g/mol. The second-order valence-corrected chi connectivity index (χ2v) is 5.74. The lowest BCUT2D eigenvalue weighted by atomic mass is 9.91. The highest BCUT2D eigenvalue weighted by atomic mass is 19.4. The molecule has 0 aromatic carbocycles. The first-order valence-corrected chi connectivity index (χ1v) is 7.56. The third-order valence-corrected chi connectivity index (χ3v) is 4.14. The first-order chi connectivity index (χ1) is 10.7. The Bertz CT molecular complexity index is 551. The Morgan fingerprint density at radius 3 is 2.57 bits per heavy atom. The summed E-state index contributed by atoms with van der Waals surface area (Å²) in [5.41, 5.74) is 0.842. The Hall–Kier alpha value is -1.77. The number of carbonyl (C=O) groups excluding carboxylic acids is 1. The average Bonchev–Trinajstić information content (AvgIpc) is 2.86. The summed E-state index contributed by atoms with van der Waals surface area (Å²) >= 11 is 0. The Morgan fingerprint density at radius 1 is 1.48 bits per heavy atom. The lowest BCUT2D eigenvalue weighted by Crippen LogP contribution is -2.46. The van der Waals surface area contributed by atoms with Gasteiger partial charge in [-0.15, -0.1) is 0 Å². The van der Waals surface area contributed by atoms with E-state index in [4.69, 9.17) is 0 Å². The van der Waals surface area contributed by atoms with Crippen molar-refractivity contribution in [2.45, 2.75) is 38.5 Å². The number of urea groups is 1. The van der Waals surface area contributed by atoms with Gasteiger partial charge in [-0.3, -0.25) is 10.00 Å². The zero-order valence-electron chi connectivity index (χ0n) is 13.1. The fraction of sp³-hybridized carbons (Fsp3) is 0.714. The molecule has 0 aliphatic carbocycles. The minimum absolute atomic E-state index is 0.125. The van der Waals surface area contributed by atoms with Crippen LogP contribution in [-0.2, 0) is 13.5 Å². The van der Waals surface area contributed by atoms with Crippen molar-refractivity contribution in [3.8, 4) is 0 Å². The molecule has 2 N–H and O–H groups in total. The number of hydrogen-bond donors (Lipinski definition) is 2. The zero-order valence-corrected chi connectivity index (χ0v) is 13.1. The van der Waals surface area contributed by atoms with E-state index in [0.717, 1.165) is 12.1 Å². The molecule has 1 aromatic heterocycles. The van der Waals surface area contributed by atoms with Gasteiger partial charge in [0.2, 0.25) is 0 Å². The maximum atomic E-state index is 12.5. The molecular formula is C14H21F3N4O2. The van der Waals surface area contributed by atoms with Crippen LogP contribution in [0.4, 0.5) is 23.8 Å². The molecule has 1 fully saturated rings. The smallest absolute Gasteiger partial charge is 0.383 e. The highest BCUT2D eigenvalue weighted by Gasteiger charge is 2.44. The lowest BCUT2D eigenvalue weighted by Gasteiger charge is -2.34. The van der Waals surface area contributed by atoms with Crippen LogP contribution in [0, 0.1) is 5.92 Å². The number of piperidine rings is 1. The summed E-state index contributed by atoms with van der Waals surface area (Å²) in [7, 11) is 1.71. The van der Waals surface area contributed by atoms with Crippen molar-refractivity contribution in [2.75, 3.05) is 18.4 Å². The van der Waals surface area contributed by atoms with Gasteiger partial charge in [-0.1, -0.05) is 6.92 Å². The third-order valence-electron chi connectivity index (χ3n) is 4.14. The van der Waals surface area contributed by atoms with Gasteiger partial charge < -0.3 is 10.0 Å². The molecule has 1 atom stereocenters. The molecule has 6 nitrogen and oxygen atoms in total. The van der Waals surface area contributed by atoms with Crippen LogP contribution >= 0.6 is 0 Å². The number of amides is 2. The van der Waals surface area contributed by atoms with Gasteiger partial charge in [-0.05, 0) is 25.2 Å². The number of aliphatic hydroxyl groups excluding tert-OH is 1. The van der Waals surface area contributed by atoms with Crippen LogP contribution in [0.15, 0.2) is 6.07 Å². The number of aliphatic hydroxyl groups is 1. The summed E-state index contributed by atoms with van der Waals surface area (Å²) in [6.07, 6.45) is -5.94. The maximum Gasteiger partial charge on any atom is 0.414 e. The van der Waals surface area contributed by atoms with E-state index in [0.29, 0.717) is 5.82 Å². The number of likely N-dealkylation sites (tertiary alicyclic amines) is 1. The molecule has 1 aromatic rings. The topological polar surface area (TPSA) is 70.4 Å². The van der Waals surface area contributed by atoms with Crippen molar-refractivity contribution in [3.05, 3.63) is 11.8 Å². The molecule has 1 saturated heterocycles. The SMILES string of the molecule is CCc1cc(NC(=O)N2CCC(C(O)C(F)(F)F)CC2)n(C)n1. The van der Waals surface area contributed by atoms with Crippen LogP contribution in [0.2, 0.25) is 0 Å². The quantitative estimate of drug-likeness (QED) is 0.890. The molecule has 2 rings (SSSR count). The van der Waals surface area contributed by atoms with Crippen molar-refractivity contribution in [3.63, 3.8) is 0 Å². The summed E-state index contributed by atoms with van der Waals surface area (Å²) in [6, 6.07) is 1.40. The molecule has 1 aliphatic heterocycles. The number of anilines is 1. The van der Waals surface area contributed by atoms with E-state index < -0.39 is 18.2 Å². The van der Waals surface area contributed by atoms with E-state index in [-0.39, 0.29) is 32.0 Å². The lowest BCUT2D eigenvalue weighted by molar-refractivity contribution is -0.222. The molecule has 2 heterocycles. The molecule has 0 radical (unpaired) electrons. The summed E-state index contributed by atoms with van der Waals surface area (Å²) < 4.78 is 39.1. The van der Waals surface area contributed by atoms with Crippen LogP contribution in [0.25, 0.3) is 0 Å². The first-order valence-electron chi connectivity index (χ1n) is 7.56. The van der Waals surface area contributed by atoms with Gasteiger partial charge in [0.25, 0.3) is 0 Å². The van der Waals surface area contributed by atoms with E-state index in [1.807, 2.05) is 6.92 Å². The van der Waals surface area contributed by atoms with Crippen molar-refractivity contribution >= 4 is 11.8 Å². The molecule has 23 heavy (non-hydrogen) atoms. The van der Waals surface area contributed by atoms with E-state index >= 15 is 0 Å². The Labute approximate surface area is 132 Å². The summed E-state index contributed by atoms with van der Waals surface area (Å²) in [5, 5.41) is 16.2. The molecule has 0 spiro atoms. The van der Waals surface area contributed by atoms with Gasteiger partial charge >= 0.3 is 12.2 Å². The summed E-state index contributed by atoms with van der Waals surface area (Å²) in [4.78, 5) is 13.6. The number of hydrogen-bond acceptors (Lipinski definition) is 3. The van der Waals surface area contributed by atoms with E-state index in [1.54, 1.807) is 17.8 Å². The monoisotopic (exact) mass is 334 g/mol. The van der Waals surface area contributed by atoms with Crippen LogP contribution in [-0.4, -0.2) is 51.2 Å². The van der Waals surface area contributed by atoms with E-state index in [1.165, 1.54) is 4.90 Å². The molecule has 9 heteroatoms. The minimum atomic E-state index is -4.61. The number of nitrogens with one attached hydrogen (secondary N) is 1. The predicted molar refractivity (Wildman–Crippen MR) is 78.0 cm³/mol. The van der Waals surface area contributed by atoms with E-state index in [2.05, 4.69) is 10.4 Å². The van der Waals surface area contributed by atoms with Gasteiger partial charge in [-0.2, -0.15) is 18.3 Å². The number of aryl methyl sites for hydroxylation is 2. The van der Waals surface area contributed by atoms with Crippen LogP contribution in [0.1, 0.15) is 25.5 Å². The van der Waals surface area contributed by atoms with Gasteiger partial charge in [0.05, 0.1) is 5.69 Å². The largest absolute Gasteiger partial charge is 0.414 e. The standard InChI is InChI=1S/C14H21F3N4O2/c1-3-10-8-11(20(2)19-10)18-13(23)21-6-4-9(5-7-21)12(22)14(15,16)17/h8-9,12,22H,3-7H2,1-2H3,(H,18,23). The minimum Gasteiger partial charge on any atom is -0.383 e. The van der Waals surface area contributed by atoms with Crippen molar-refractivity contribution in [1.29, 1.82) is 0 Å². The number of nitrogens with zero attached hydrogens (tertiary/aromatic N) is 3. The Kier molecular flexibility index (Phi) is 5.18. The Morgan fingerprint density at radius 2 is 2.09 bits per heavy atom. The van der Waals surface area contributed by atoms with Crippen LogP contribution < -0.4 is 5.32 Å². The zero-order chi connectivity index (χ0) is 17.2. The molecule has 130 valence electrons. The number of halogens is 3. The molecule has 0 bridgehead atoms. The fourth-order valence-electron chi connectivity index (χ4n) is 2.69. The number of carbonyl (C=O) groups is 1. The predicted octanol–water partition coefficient (Wildman–Crippen LogP) is 2.15. The molecule has 1 aliphatic rings. The third kappa shape index (κ3) is 4.15. The molecule has 1 unspecified atom stereocenters. The van der Waals surface area contributed by atoms with Crippen LogP contribution in [0.3, 0.4) is 0 Å². The van der Waals surface area contributed by atoms with Gasteiger partial charge in [0, 0.05) is 26.2 Å². The van der Waals surface area contributed by atoms with Crippen molar-refractivity contribution in [1.82, 2.24) is 14.7 Å². The van der Waals surface area contributed by atoms with Gasteiger partial charge in [0.1, 0.15) is 5.82 Å². The number of aromatic nitrogens is 2. The molecule has 2 amide bonds. The Balaban J connectivity index is 1.89. The molecule has 0 saturated carbocycles. The second kappa shape index (κ2) is 6.77. The number of alkyl halides is 3. The van der Waals surface area contributed by atoms with Crippen molar-refractivity contribution in [2.24, 2.45) is 13.0 Å². The summed E-state index contributed by atoms with van der Waals surface area (Å²) in [5.74, 6) is -0.313. The summed E-state index contributed by atoms with van der Waals surface area (Å²) in [6.45, 7) is 2.31. The highest BCUT2D eigenvalue weighted by Crippen LogP contribution is 2.31. The maximum absolute atomic E-state index is 12.5. The van der Waals surface area contributed by atoms with Gasteiger partial charge in [0.15, 0.2) is 6.10 Å². The second-order valence-electron chi connectivity index (χ2n) is 5.74. The highest BCUT2D eigenvalue weighted by molar-refractivity contribution is 5.88. The van der Waals surface area contributed by atoms with E-state index in [9.17, 15) is 23.1 Å². The van der Waals surface area contributed by atoms with Gasteiger partial charge in [-0.25, -0.2) is 4.79 Å². The van der Waals surface area contributed by atoms with Crippen molar-refractivity contribution < 1.29 is 23.1 Å². The number of rotatable bonds is 3. The first kappa shape index (κ1) is 17.6. The van der Waals surface area contributed by atoms with Crippen LogP contribution in [0.5, 0.6) is 0 Å².